The van der Waals surface area contributed by atoms with Gasteiger partial charge in [0.25, 0.3) is 0 Å². The van der Waals surface area contributed by atoms with Gasteiger partial charge in [0.2, 0.25) is 5.76 Å². The summed E-state index contributed by atoms with van der Waals surface area (Å²) in [6, 6.07) is 6.21. The largest absolute Gasteiger partial charge is 0.463 e. The Kier molecular flexibility index (Phi) is 2.78. The molecular formula is C11H7BrO4. The minimum Gasteiger partial charge on any atom is -0.463 e. The number of halogens is 1. The summed E-state index contributed by atoms with van der Waals surface area (Å²) in [6.07, 6.45) is 0. The van der Waals surface area contributed by atoms with Crippen LogP contribution in [-0.2, 0) is 4.74 Å². The highest BCUT2D eigenvalue weighted by atomic mass is 79.9. The van der Waals surface area contributed by atoms with Crippen molar-refractivity contribution in [3.05, 3.63) is 44.7 Å². The highest BCUT2D eigenvalue weighted by Crippen LogP contribution is 2.22. The second-order valence-corrected chi connectivity index (χ2v) is 3.94. The third-order valence-electron chi connectivity index (χ3n) is 2.09. The first kappa shape index (κ1) is 10.9. The first-order valence-electron chi connectivity index (χ1n) is 4.44. The number of hydrogen-bond acceptors (Lipinski definition) is 4. The maximum absolute atomic E-state index is 11.7. The van der Waals surface area contributed by atoms with Gasteiger partial charge in [-0.05, 0) is 28.1 Å². The molecule has 0 bridgehead atoms. The summed E-state index contributed by atoms with van der Waals surface area (Å²) >= 11 is 3.25. The van der Waals surface area contributed by atoms with Crippen LogP contribution < -0.4 is 5.43 Å². The molecule has 1 heterocycles. The van der Waals surface area contributed by atoms with E-state index in [1.807, 2.05) is 0 Å². The Morgan fingerprint density at radius 1 is 1.44 bits per heavy atom. The van der Waals surface area contributed by atoms with Crippen LogP contribution in [0.5, 0.6) is 0 Å². The normalized spacial score (nSPS) is 10.4. The monoisotopic (exact) mass is 282 g/mol. The Labute approximate surface area is 99.0 Å². The van der Waals surface area contributed by atoms with Gasteiger partial charge >= 0.3 is 5.97 Å². The van der Waals surface area contributed by atoms with Gasteiger partial charge in [0, 0.05) is 6.07 Å². The molecule has 0 amide bonds. The van der Waals surface area contributed by atoms with Gasteiger partial charge in [-0.15, -0.1) is 0 Å². The van der Waals surface area contributed by atoms with E-state index in [1.165, 1.54) is 7.11 Å². The highest BCUT2D eigenvalue weighted by Gasteiger charge is 2.13. The third-order valence-corrected chi connectivity index (χ3v) is 2.72. The van der Waals surface area contributed by atoms with Crippen LogP contribution in [0.15, 0.2) is 37.9 Å². The number of rotatable bonds is 1. The molecule has 0 spiro atoms. The summed E-state index contributed by atoms with van der Waals surface area (Å²) < 4.78 is 10.4. The highest BCUT2D eigenvalue weighted by molar-refractivity contribution is 9.10. The molecule has 2 aromatic rings. The fraction of sp³-hybridized carbons (Fsp3) is 0.0909. The summed E-state index contributed by atoms with van der Waals surface area (Å²) in [7, 11) is 1.23. The maximum atomic E-state index is 11.7. The number of benzene rings is 1. The molecule has 1 aromatic carbocycles. The molecule has 5 heteroatoms. The van der Waals surface area contributed by atoms with Gasteiger partial charge in [0.1, 0.15) is 0 Å². The zero-order valence-electron chi connectivity index (χ0n) is 8.32. The molecular weight excluding hydrogens is 276 g/mol. The van der Waals surface area contributed by atoms with E-state index in [4.69, 9.17) is 4.42 Å². The summed E-state index contributed by atoms with van der Waals surface area (Å²) in [6.45, 7) is 0. The summed E-state index contributed by atoms with van der Waals surface area (Å²) in [5, 5.41) is 0.419. The first-order valence-corrected chi connectivity index (χ1v) is 5.23. The van der Waals surface area contributed by atoms with Crippen molar-refractivity contribution in [1.29, 1.82) is 0 Å². The van der Waals surface area contributed by atoms with Crippen molar-refractivity contribution in [3.8, 4) is 0 Å². The number of ether oxygens (including phenoxy) is 1. The zero-order chi connectivity index (χ0) is 11.7. The molecule has 0 saturated carbocycles. The maximum Gasteiger partial charge on any atom is 0.374 e. The van der Waals surface area contributed by atoms with E-state index in [0.29, 0.717) is 15.4 Å². The molecule has 2 rings (SSSR count). The lowest BCUT2D eigenvalue weighted by Crippen LogP contribution is -2.08. The molecule has 16 heavy (non-hydrogen) atoms. The lowest BCUT2D eigenvalue weighted by atomic mass is 10.2. The van der Waals surface area contributed by atoms with Crippen LogP contribution in [0, 0.1) is 0 Å². The molecule has 0 radical (unpaired) electrons. The zero-order valence-corrected chi connectivity index (χ0v) is 9.91. The van der Waals surface area contributed by atoms with Crippen molar-refractivity contribution >= 4 is 32.9 Å². The predicted molar refractivity (Wildman–Crippen MR) is 61.5 cm³/mol. The second kappa shape index (κ2) is 4.09. The Morgan fingerprint density at radius 2 is 2.19 bits per heavy atom. The van der Waals surface area contributed by atoms with Crippen LogP contribution in [-0.4, -0.2) is 13.1 Å². The van der Waals surface area contributed by atoms with E-state index < -0.39 is 5.97 Å². The van der Waals surface area contributed by atoms with Crippen LogP contribution in [0.1, 0.15) is 10.6 Å². The van der Waals surface area contributed by atoms with E-state index in [1.54, 1.807) is 18.2 Å². The number of carbonyl (C=O) groups is 1. The van der Waals surface area contributed by atoms with Crippen molar-refractivity contribution in [2.75, 3.05) is 7.11 Å². The average molecular weight is 283 g/mol. The number of hydrogen-bond donors (Lipinski definition) is 0. The fourth-order valence-electron chi connectivity index (χ4n) is 1.34. The van der Waals surface area contributed by atoms with Gasteiger partial charge in [0.15, 0.2) is 11.0 Å². The van der Waals surface area contributed by atoms with Crippen molar-refractivity contribution in [1.82, 2.24) is 0 Å². The van der Waals surface area contributed by atoms with Crippen LogP contribution in [0.3, 0.4) is 0 Å². The minimum atomic E-state index is -0.672. The second-order valence-electron chi connectivity index (χ2n) is 3.08. The van der Waals surface area contributed by atoms with Crippen molar-refractivity contribution in [3.63, 3.8) is 0 Å². The number of fused-ring (bicyclic) bond motifs is 1. The number of esters is 1. The van der Waals surface area contributed by atoms with Gasteiger partial charge in [-0.1, -0.05) is 6.07 Å². The van der Waals surface area contributed by atoms with Gasteiger partial charge in [0.05, 0.1) is 17.0 Å². The van der Waals surface area contributed by atoms with Crippen LogP contribution in [0.25, 0.3) is 11.0 Å². The molecule has 0 unspecified atom stereocenters. The summed E-state index contributed by atoms with van der Waals surface area (Å²) in [5.41, 5.74) is 0.0679. The quantitative estimate of drug-likeness (QED) is 0.754. The smallest absolute Gasteiger partial charge is 0.374 e. The number of carbonyl (C=O) groups excluding carboxylic acids is 1. The Morgan fingerprint density at radius 3 is 2.88 bits per heavy atom. The van der Waals surface area contributed by atoms with Gasteiger partial charge in [-0.25, -0.2) is 4.79 Å². The Balaban J connectivity index is 2.80. The standard InChI is InChI=1S/C11H7BrO4/c1-15-11(14)9-5-8(13)6-3-2-4-7(12)10(6)16-9/h2-5H,1H3. The fourth-order valence-corrected chi connectivity index (χ4v) is 1.79. The molecule has 0 saturated heterocycles. The Hall–Kier alpha value is -1.62. The lowest BCUT2D eigenvalue weighted by Gasteiger charge is -2.02. The van der Waals surface area contributed by atoms with Crippen molar-refractivity contribution < 1.29 is 13.9 Å². The molecule has 0 fully saturated rings. The van der Waals surface area contributed by atoms with E-state index in [-0.39, 0.29) is 11.2 Å². The molecule has 0 N–H and O–H groups in total. The van der Waals surface area contributed by atoms with Gasteiger partial charge < -0.3 is 9.15 Å². The van der Waals surface area contributed by atoms with E-state index >= 15 is 0 Å². The average Bonchev–Trinajstić information content (AvgIpc) is 2.29. The topological polar surface area (TPSA) is 56.5 Å². The first-order chi connectivity index (χ1) is 7.63. The minimum absolute atomic E-state index is 0.105. The van der Waals surface area contributed by atoms with Gasteiger partial charge in [-0.3, -0.25) is 4.79 Å². The predicted octanol–water partition coefficient (Wildman–Crippen LogP) is 2.34. The number of methoxy groups -OCH3 is 1. The summed E-state index contributed by atoms with van der Waals surface area (Å²) in [4.78, 5) is 22.9. The van der Waals surface area contributed by atoms with Crippen molar-refractivity contribution in [2.45, 2.75) is 0 Å². The molecule has 0 aliphatic heterocycles. The van der Waals surface area contributed by atoms with Crippen LogP contribution >= 0.6 is 15.9 Å². The molecule has 82 valence electrons. The van der Waals surface area contributed by atoms with Crippen molar-refractivity contribution in [2.24, 2.45) is 0 Å². The number of para-hydroxylation sites is 1. The molecule has 1 aromatic heterocycles. The molecule has 0 aliphatic carbocycles. The van der Waals surface area contributed by atoms with E-state index in [0.717, 1.165) is 6.07 Å². The summed E-state index contributed by atoms with van der Waals surface area (Å²) in [5.74, 6) is -0.776. The molecule has 0 atom stereocenters. The molecule has 0 aliphatic rings. The SMILES string of the molecule is COC(=O)c1cc(=O)c2cccc(Br)c2o1. The van der Waals surface area contributed by atoms with Crippen LogP contribution in [0.2, 0.25) is 0 Å². The van der Waals surface area contributed by atoms with Crippen LogP contribution in [0.4, 0.5) is 0 Å². The third kappa shape index (κ3) is 1.74. The Bertz CT molecular complexity index is 615. The van der Waals surface area contributed by atoms with E-state index in [9.17, 15) is 9.59 Å². The lowest BCUT2D eigenvalue weighted by molar-refractivity contribution is 0.0565. The molecule has 4 nitrogen and oxygen atoms in total. The van der Waals surface area contributed by atoms with Gasteiger partial charge in [-0.2, -0.15) is 0 Å². The van der Waals surface area contributed by atoms with E-state index in [2.05, 4.69) is 20.7 Å².